The molecule has 1 unspecified atom stereocenters. The lowest BCUT2D eigenvalue weighted by molar-refractivity contribution is -0.122. The second-order valence-electron chi connectivity index (χ2n) is 4.05. The minimum atomic E-state index is -0.0451. The van der Waals surface area contributed by atoms with E-state index in [1.165, 1.54) is 0 Å². The van der Waals surface area contributed by atoms with Crippen LogP contribution in [0.4, 0.5) is 0 Å². The zero-order valence-corrected chi connectivity index (χ0v) is 11.0. The maximum absolute atomic E-state index is 11.6. The Morgan fingerprint density at radius 3 is 2.82 bits per heavy atom. The van der Waals surface area contributed by atoms with Gasteiger partial charge in [-0.05, 0) is 19.9 Å². The van der Waals surface area contributed by atoms with Crippen molar-refractivity contribution in [3.8, 4) is 6.07 Å². The number of nitriles is 1. The van der Waals surface area contributed by atoms with Gasteiger partial charge in [-0.15, -0.1) is 0 Å². The van der Waals surface area contributed by atoms with E-state index in [4.69, 9.17) is 10.00 Å². The first-order valence-corrected chi connectivity index (χ1v) is 6.01. The Labute approximate surface area is 104 Å². The summed E-state index contributed by atoms with van der Waals surface area (Å²) < 4.78 is 4.90. The normalized spacial score (nSPS) is 12.2. The van der Waals surface area contributed by atoms with Crippen molar-refractivity contribution in [3.63, 3.8) is 0 Å². The Kier molecular flexibility index (Phi) is 9.40. The molecule has 0 radical (unpaired) electrons. The van der Waals surface area contributed by atoms with Gasteiger partial charge in [-0.25, -0.2) is 0 Å². The van der Waals surface area contributed by atoms with E-state index in [0.29, 0.717) is 26.2 Å². The molecule has 0 rings (SSSR count). The molecule has 0 heterocycles. The smallest absolute Gasteiger partial charge is 0.234 e. The van der Waals surface area contributed by atoms with E-state index < -0.39 is 0 Å². The van der Waals surface area contributed by atoms with Crippen LogP contribution < -0.4 is 5.32 Å². The molecule has 1 amide bonds. The maximum Gasteiger partial charge on any atom is 0.234 e. The van der Waals surface area contributed by atoms with E-state index in [0.717, 1.165) is 13.0 Å². The van der Waals surface area contributed by atoms with Crippen LogP contribution in [0.5, 0.6) is 0 Å². The van der Waals surface area contributed by atoms with Gasteiger partial charge in [0.05, 0.1) is 18.5 Å². The van der Waals surface area contributed by atoms with Crippen molar-refractivity contribution in [1.82, 2.24) is 10.2 Å². The zero-order chi connectivity index (χ0) is 13.1. The Morgan fingerprint density at radius 1 is 1.59 bits per heavy atom. The number of likely N-dealkylation sites (N-methyl/N-ethyl adjacent to an activating group) is 1. The third-order valence-electron chi connectivity index (χ3n) is 2.41. The molecule has 0 saturated heterocycles. The van der Waals surface area contributed by atoms with Crippen molar-refractivity contribution in [1.29, 1.82) is 5.26 Å². The zero-order valence-electron chi connectivity index (χ0n) is 11.0. The number of methoxy groups -OCH3 is 1. The van der Waals surface area contributed by atoms with Crippen LogP contribution in [0.15, 0.2) is 0 Å². The number of hydrogen-bond donors (Lipinski definition) is 1. The van der Waals surface area contributed by atoms with Crippen LogP contribution in [-0.2, 0) is 9.53 Å². The Bertz CT molecular complexity index is 251. The topological polar surface area (TPSA) is 65.4 Å². The molecule has 98 valence electrons. The molecule has 5 nitrogen and oxygen atoms in total. The fourth-order valence-electron chi connectivity index (χ4n) is 1.44. The molecule has 1 atom stereocenters. The van der Waals surface area contributed by atoms with Crippen molar-refractivity contribution in [2.45, 2.75) is 20.3 Å². The molecule has 0 aliphatic rings. The fraction of sp³-hybridized carbons (Fsp3) is 0.833. The van der Waals surface area contributed by atoms with Gasteiger partial charge >= 0.3 is 0 Å². The highest BCUT2D eigenvalue weighted by Gasteiger charge is 2.11. The second-order valence-corrected chi connectivity index (χ2v) is 4.05. The van der Waals surface area contributed by atoms with E-state index in [-0.39, 0.29) is 11.8 Å². The van der Waals surface area contributed by atoms with Crippen molar-refractivity contribution in [2.24, 2.45) is 5.92 Å². The van der Waals surface area contributed by atoms with Crippen LogP contribution in [0.2, 0.25) is 0 Å². The summed E-state index contributed by atoms with van der Waals surface area (Å²) >= 11 is 0. The predicted molar refractivity (Wildman–Crippen MR) is 66.4 cm³/mol. The first kappa shape index (κ1) is 15.9. The van der Waals surface area contributed by atoms with Crippen LogP contribution >= 0.6 is 0 Å². The molecule has 0 aromatic carbocycles. The van der Waals surface area contributed by atoms with E-state index in [1.54, 1.807) is 7.11 Å². The van der Waals surface area contributed by atoms with E-state index in [9.17, 15) is 4.79 Å². The highest BCUT2D eigenvalue weighted by molar-refractivity contribution is 5.77. The van der Waals surface area contributed by atoms with Gasteiger partial charge in [0.25, 0.3) is 0 Å². The molecule has 1 N–H and O–H groups in total. The summed E-state index contributed by atoms with van der Waals surface area (Å²) in [6.45, 7) is 6.91. The fourth-order valence-corrected chi connectivity index (χ4v) is 1.44. The predicted octanol–water partition coefficient (Wildman–Crippen LogP) is 0.621. The van der Waals surface area contributed by atoms with Gasteiger partial charge in [0.1, 0.15) is 0 Å². The number of carbonyl (C=O) groups is 1. The van der Waals surface area contributed by atoms with E-state index >= 15 is 0 Å². The van der Waals surface area contributed by atoms with Crippen molar-refractivity contribution in [2.75, 3.05) is 39.9 Å². The third-order valence-corrected chi connectivity index (χ3v) is 2.41. The Morgan fingerprint density at radius 2 is 2.29 bits per heavy atom. The molecule has 5 heteroatoms. The average molecular weight is 241 g/mol. The molecule has 0 aliphatic carbocycles. The van der Waals surface area contributed by atoms with Crippen LogP contribution in [-0.4, -0.2) is 50.7 Å². The standard InChI is InChI=1S/C12H23N3O2/c1-4-15(9-11(2)8-13)10-12(16)14-6-5-7-17-3/h11H,4-7,9-10H2,1-3H3,(H,14,16). The number of nitrogens with one attached hydrogen (secondary N) is 1. The minimum Gasteiger partial charge on any atom is -0.385 e. The molecular formula is C12H23N3O2. The van der Waals surface area contributed by atoms with Gasteiger partial charge in [0.15, 0.2) is 0 Å². The van der Waals surface area contributed by atoms with Crippen molar-refractivity contribution in [3.05, 3.63) is 0 Å². The molecular weight excluding hydrogens is 218 g/mol. The quantitative estimate of drug-likeness (QED) is 0.601. The molecule has 0 bridgehead atoms. The van der Waals surface area contributed by atoms with Gasteiger partial charge in [0, 0.05) is 26.8 Å². The summed E-state index contributed by atoms with van der Waals surface area (Å²) in [5.41, 5.74) is 0. The second kappa shape index (κ2) is 10.1. The number of rotatable bonds is 9. The summed E-state index contributed by atoms with van der Waals surface area (Å²) in [5, 5.41) is 11.6. The number of ether oxygens (including phenoxy) is 1. The monoisotopic (exact) mass is 241 g/mol. The number of amides is 1. The van der Waals surface area contributed by atoms with Crippen LogP contribution in [0.25, 0.3) is 0 Å². The Balaban J connectivity index is 3.79. The first-order chi connectivity index (χ1) is 8.13. The SMILES string of the molecule is CCN(CC(=O)NCCCOC)CC(C)C#N. The highest BCUT2D eigenvalue weighted by atomic mass is 16.5. The molecule has 0 fully saturated rings. The van der Waals surface area contributed by atoms with E-state index in [2.05, 4.69) is 11.4 Å². The van der Waals surface area contributed by atoms with Crippen LogP contribution in [0, 0.1) is 17.2 Å². The van der Waals surface area contributed by atoms with Crippen LogP contribution in [0.3, 0.4) is 0 Å². The molecule has 0 aromatic rings. The molecule has 0 aliphatic heterocycles. The summed E-state index contributed by atoms with van der Waals surface area (Å²) in [6, 6.07) is 2.17. The van der Waals surface area contributed by atoms with E-state index in [1.807, 2.05) is 18.7 Å². The lowest BCUT2D eigenvalue weighted by Gasteiger charge is -2.20. The molecule has 0 aromatic heterocycles. The largest absolute Gasteiger partial charge is 0.385 e. The van der Waals surface area contributed by atoms with Gasteiger partial charge in [-0.1, -0.05) is 6.92 Å². The van der Waals surface area contributed by atoms with Gasteiger partial charge in [0.2, 0.25) is 5.91 Å². The summed E-state index contributed by atoms with van der Waals surface area (Å²) in [5.74, 6) is -0.0377. The van der Waals surface area contributed by atoms with Crippen LogP contribution in [0.1, 0.15) is 20.3 Å². The lowest BCUT2D eigenvalue weighted by Crippen LogP contribution is -2.39. The van der Waals surface area contributed by atoms with Crippen molar-refractivity contribution >= 4 is 5.91 Å². The van der Waals surface area contributed by atoms with Gasteiger partial charge in [-0.2, -0.15) is 5.26 Å². The first-order valence-electron chi connectivity index (χ1n) is 6.01. The third kappa shape index (κ3) is 8.66. The molecule has 0 saturated carbocycles. The highest BCUT2D eigenvalue weighted by Crippen LogP contribution is 1.97. The lowest BCUT2D eigenvalue weighted by atomic mass is 10.2. The van der Waals surface area contributed by atoms with Crippen molar-refractivity contribution < 1.29 is 9.53 Å². The summed E-state index contributed by atoms with van der Waals surface area (Å²) in [4.78, 5) is 13.5. The maximum atomic E-state index is 11.6. The summed E-state index contributed by atoms with van der Waals surface area (Å²) in [7, 11) is 1.64. The average Bonchev–Trinajstić information content (AvgIpc) is 2.33. The van der Waals surface area contributed by atoms with Gasteiger partial charge in [-0.3, -0.25) is 9.69 Å². The summed E-state index contributed by atoms with van der Waals surface area (Å²) in [6.07, 6.45) is 0.822. The number of nitrogens with zero attached hydrogens (tertiary/aromatic N) is 2. The minimum absolute atomic E-state index is 0.00749. The Hall–Kier alpha value is -1.12. The van der Waals surface area contributed by atoms with Gasteiger partial charge < -0.3 is 10.1 Å². The number of carbonyl (C=O) groups excluding carboxylic acids is 1. The number of hydrogen-bond acceptors (Lipinski definition) is 4. The molecule has 0 spiro atoms. The molecule has 17 heavy (non-hydrogen) atoms.